The fourth-order valence-electron chi connectivity index (χ4n) is 1.63. The maximum absolute atomic E-state index is 11.1. The van der Waals surface area contributed by atoms with Crippen LogP contribution in [0.25, 0.3) is 0 Å². The molecular weight excluding hydrogens is 254 g/mol. The molecular formula is C9H8ClNO4S. The smallest absolute Gasteiger partial charge is 0.274 e. The molecule has 0 bridgehead atoms. The van der Waals surface area contributed by atoms with Crippen LogP contribution in [-0.4, -0.2) is 23.2 Å². The van der Waals surface area contributed by atoms with Crippen molar-refractivity contribution in [1.82, 2.24) is 4.31 Å². The molecule has 1 aliphatic heterocycles. The van der Waals surface area contributed by atoms with Crippen LogP contribution < -0.4 is 0 Å². The van der Waals surface area contributed by atoms with Crippen molar-refractivity contribution < 1.29 is 17.8 Å². The van der Waals surface area contributed by atoms with E-state index < -0.39 is 22.3 Å². The number of rotatable bonds is 2. The van der Waals surface area contributed by atoms with Crippen molar-refractivity contribution in [1.29, 1.82) is 0 Å². The molecule has 1 aromatic rings. The van der Waals surface area contributed by atoms with Gasteiger partial charge < -0.3 is 0 Å². The second-order valence-electron chi connectivity index (χ2n) is 3.44. The summed E-state index contributed by atoms with van der Waals surface area (Å²) in [5.74, 6) is -0.609. The molecule has 0 aliphatic carbocycles. The van der Waals surface area contributed by atoms with Gasteiger partial charge in [0.25, 0.3) is 0 Å². The third-order valence-corrected chi connectivity index (χ3v) is 3.61. The molecule has 1 N–H and O–H groups in total. The van der Waals surface area contributed by atoms with E-state index in [9.17, 15) is 13.2 Å². The summed E-state index contributed by atoms with van der Waals surface area (Å²) in [6.07, 6.45) is 0.0709. The molecule has 0 radical (unpaired) electrons. The number of hydrogen-bond donors (Lipinski definition) is 1. The number of carbonyl (C=O) groups is 1. The van der Waals surface area contributed by atoms with E-state index >= 15 is 0 Å². The summed E-state index contributed by atoms with van der Waals surface area (Å²) in [6, 6.07) is 5.82. The highest BCUT2D eigenvalue weighted by Gasteiger charge is 2.44. The Morgan fingerprint density at radius 1 is 1.31 bits per heavy atom. The summed E-state index contributed by atoms with van der Waals surface area (Å²) < 4.78 is 31.1. The minimum Gasteiger partial charge on any atom is -0.274 e. The van der Waals surface area contributed by atoms with Gasteiger partial charge >= 0.3 is 10.3 Å². The van der Waals surface area contributed by atoms with Gasteiger partial charge in [0.05, 0.1) is 12.5 Å². The van der Waals surface area contributed by atoms with E-state index in [0.717, 1.165) is 0 Å². The van der Waals surface area contributed by atoms with Crippen LogP contribution in [0.5, 0.6) is 0 Å². The van der Waals surface area contributed by atoms with E-state index in [1.54, 1.807) is 24.3 Å². The van der Waals surface area contributed by atoms with Gasteiger partial charge in [-0.25, -0.2) is 4.31 Å². The Hall–Kier alpha value is -1.11. The van der Waals surface area contributed by atoms with Crippen LogP contribution in [-0.2, 0) is 15.1 Å². The van der Waals surface area contributed by atoms with E-state index in [1.165, 1.54) is 0 Å². The molecule has 16 heavy (non-hydrogen) atoms. The topological polar surface area (TPSA) is 74.7 Å². The third kappa shape index (κ3) is 1.91. The molecule has 1 amide bonds. The summed E-state index contributed by atoms with van der Waals surface area (Å²) in [4.78, 5) is 11.1. The zero-order chi connectivity index (χ0) is 11.9. The van der Waals surface area contributed by atoms with Crippen LogP contribution in [0.3, 0.4) is 0 Å². The first-order chi connectivity index (χ1) is 7.39. The lowest BCUT2D eigenvalue weighted by molar-refractivity contribution is -0.138. The maximum atomic E-state index is 11.1. The van der Waals surface area contributed by atoms with Gasteiger partial charge in [0.15, 0.2) is 0 Å². The van der Waals surface area contributed by atoms with Crippen molar-refractivity contribution >= 4 is 27.8 Å². The van der Waals surface area contributed by atoms with Crippen molar-refractivity contribution in [2.75, 3.05) is 0 Å². The number of carbonyl (C=O) groups excluding carboxylic acids is 1. The van der Waals surface area contributed by atoms with E-state index in [2.05, 4.69) is 0 Å². The van der Waals surface area contributed by atoms with Crippen LogP contribution in [0.4, 0.5) is 0 Å². The molecule has 0 aromatic heterocycles. The second-order valence-corrected chi connectivity index (χ2v) is 5.16. The molecule has 0 saturated carbocycles. The van der Waals surface area contributed by atoms with Crippen LogP contribution in [0, 0.1) is 0 Å². The highest BCUT2D eigenvalue weighted by atomic mass is 35.5. The normalized spacial score (nSPS) is 20.8. The van der Waals surface area contributed by atoms with Crippen molar-refractivity contribution in [2.24, 2.45) is 0 Å². The van der Waals surface area contributed by atoms with Gasteiger partial charge in [-0.2, -0.15) is 8.42 Å². The zero-order valence-electron chi connectivity index (χ0n) is 8.00. The van der Waals surface area contributed by atoms with E-state index in [4.69, 9.17) is 16.2 Å². The molecule has 5 nitrogen and oxygen atoms in total. The van der Waals surface area contributed by atoms with Crippen molar-refractivity contribution in [3.05, 3.63) is 34.9 Å². The molecule has 1 fully saturated rings. The van der Waals surface area contributed by atoms with Gasteiger partial charge in [-0.15, -0.1) is 0 Å². The van der Waals surface area contributed by atoms with Gasteiger partial charge in [0.2, 0.25) is 5.91 Å². The molecule has 1 atom stereocenters. The summed E-state index contributed by atoms with van der Waals surface area (Å²) in [5, 5.41) is 0.521. The number of hydrogen-bond acceptors (Lipinski definition) is 3. The lowest BCUT2D eigenvalue weighted by Gasteiger charge is -2.37. The summed E-state index contributed by atoms with van der Waals surface area (Å²) in [7, 11) is -4.47. The fraction of sp³-hybridized carbons (Fsp3) is 0.222. The van der Waals surface area contributed by atoms with E-state index in [1.807, 2.05) is 0 Å². The van der Waals surface area contributed by atoms with Crippen LogP contribution in [0.2, 0.25) is 5.02 Å². The Kier molecular flexibility index (Phi) is 2.65. The minimum absolute atomic E-state index is 0.0709. The average Bonchev–Trinajstić information content (AvgIpc) is 2.13. The first-order valence-electron chi connectivity index (χ1n) is 4.45. The highest BCUT2D eigenvalue weighted by Crippen LogP contribution is 2.36. The molecule has 86 valence electrons. The predicted molar refractivity (Wildman–Crippen MR) is 57.2 cm³/mol. The van der Waals surface area contributed by atoms with Crippen LogP contribution in [0.15, 0.2) is 24.3 Å². The van der Waals surface area contributed by atoms with Crippen LogP contribution >= 0.6 is 11.6 Å². The van der Waals surface area contributed by atoms with Gasteiger partial charge in [0, 0.05) is 5.02 Å². The second kappa shape index (κ2) is 3.73. The fourth-order valence-corrected chi connectivity index (χ4v) is 2.60. The monoisotopic (exact) mass is 261 g/mol. The first kappa shape index (κ1) is 11.4. The minimum atomic E-state index is -4.47. The summed E-state index contributed by atoms with van der Waals surface area (Å²) in [6.45, 7) is 0. The highest BCUT2D eigenvalue weighted by molar-refractivity contribution is 7.84. The molecule has 1 aromatic carbocycles. The van der Waals surface area contributed by atoms with Gasteiger partial charge in [-0.3, -0.25) is 9.35 Å². The molecule has 2 rings (SSSR count). The molecule has 1 unspecified atom stereocenters. The lowest BCUT2D eigenvalue weighted by Crippen LogP contribution is -2.49. The number of nitrogens with zero attached hydrogens (tertiary/aromatic N) is 1. The summed E-state index contributed by atoms with van der Waals surface area (Å²) in [5.41, 5.74) is 0.627. The van der Waals surface area contributed by atoms with Gasteiger partial charge in [-0.05, 0) is 17.7 Å². The lowest BCUT2D eigenvalue weighted by atomic mass is 9.97. The van der Waals surface area contributed by atoms with E-state index in [0.29, 0.717) is 14.9 Å². The van der Waals surface area contributed by atoms with Gasteiger partial charge in [0.1, 0.15) is 0 Å². The quantitative estimate of drug-likeness (QED) is 0.645. The van der Waals surface area contributed by atoms with E-state index in [-0.39, 0.29) is 6.42 Å². The molecule has 7 heteroatoms. The summed E-state index contributed by atoms with van der Waals surface area (Å²) >= 11 is 5.68. The SMILES string of the molecule is O=C1CC(c2ccc(Cl)cc2)N1S(=O)(=O)O. The Morgan fingerprint density at radius 2 is 1.88 bits per heavy atom. The number of amides is 1. The maximum Gasteiger partial charge on any atom is 0.362 e. The first-order valence-corrected chi connectivity index (χ1v) is 6.22. The Balaban J connectivity index is 2.30. The molecule has 0 spiro atoms. The third-order valence-electron chi connectivity index (χ3n) is 2.40. The van der Waals surface area contributed by atoms with Gasteiger partial charge in [-0.1, -0.05) is 23.7 Å². The largest absolute Gasteiger partial charge is 0.362 e. The van der Waals surface area contributed by atoms with Crippen molar-refractivity contribution in [3.8, 4) is 0 Å². The Labute approximate surface area is 97.5 Å². The number of halogens is 1. The predicted octanol–water partition coefficient (Wildman–Crippen LogP) is 1.42. The zero-order valence-corrected chi connectivity index (χ0v) is 9.57. The number of β-lactam (4-membered cyclic amide) rings is 1. The average molecular weight is 262 g/mol. The Morgan fingerprint density at radius 3 is 2.31 bits per heavy atom. The van der Waals surface area contributed by atoms with Crippen LogP contribution in [0.1, 0.15) is 18.0 Å². The molecule has 1 heterocycles. The standard InChI is InChI=1S/C9H8ClNO4S/c10-7-3-1-6(2-4-7)8-5-9(12)11(8)16(13,14)15/h1-4,8H,5H2,(H,13,14,15). The molecule has 1 saturated heterocycles. The van der Waals surface area contributed by atoms with Crippen molar-refractivity contribution in [2.45, 2.75) is 12.5 Å². The molecule has 1 aliphatic rings. The Bertz CT molecular complexity index is 525. The number of benzene rings is 1. The van der Waals surface area contributed by atoms with Crippen molar-refractivity contribution in [3.63, 3.8) is 0 Å².